The third-order valence-corrected chi connectivity index (χ3v) is 3.68. The van der Waals surface area contributed by atoms with Crippen molar-refractivity contribution in [1.82, 2.24) is 14.9 Å². The van der Waals surface area contributed by atoms with Gasteiger partial charge in [-0.3, -0.25) is 0 Å². The van der Waals surface area contributed by atoms with Gasteiger partial charge in [-0.15, -0.1) is 0 Å². The molecule has 0 atom stereocenters. The number of hydrogen-bond acceptors (Lipinski definition) is 3. The van der Waals surface area contributed by atoms with Gasteiger partial charge >= 0.3 is 0 Å². The summed E-state index contributed by atoms with van der Waals surface area (Å²) in [7, 11) is 0. The molecule has 5 heteroatoms. The number of halogens is 1. The molecule has 0 aliphatic carbocycles. The zero-order chi connectivity index (χ0) is 13.9. The Labute approximate surface area is 118 Å². The number of nitrogens with one attached hydrogen (secondary N) is 1. The molecule has 2 heterocycles. The van der Waals surface area contributed by atoms with Gasteiger partial charge in [-0.2, -0.15) is 0 Å². The third-order valence-electron chi connectivity index (χ3n) is 3.68. The van der Waals surface area contributed by atoms with E-state index < -0.39 is 0 Å². The van der Waals surface area contributed by atoms with E-state index in [2.05, 4.69) is 19.8 Å². The molecule has 0 spiro atoms. The van der Waals surface area contributed by atoms with Crippen LogP contribution >= 0.6 is 0 Å². The standard InChI is InChI=1S/C15H19FN4/c1-2-17-10-12-3-4-14(13(16)9-12)20-8-7-19-6-5-18-15(19)11-20/h3-6,9,17H,2,7-8,10-11H2,1H3. The number of rotatable bonds is 4. The number of benzene rings is 1. The molecule has 20 heavy (non-hydrogen) atoms. The molecule has 0 saturated carbocycles. The van der Waals surface area contributed by atoms with Gasteiger partial charge in [-0.25, -0.2) is 9.37 Å². The van der Waals surface area contributed by atoms with Crippen LogP contribution in [0.1, 0.15) is 18.3 Å². The molecule has 1 N–H and O–H groups in total. The molecular weight excluding hydrogens is 255 g/mol. The number of fused-ring (bicyclic) bond motifs is 1. The number of hydrogen-bond donors (Lipinski definition) is 1. The van der Waals surface area contributed by atoms with Gasteiger partial charge in [0.25, 0.3) is 0 Å². The van der Waals surface area contributed by atoms with Crippen LogP contribution in [0.2, 0.25) is 0 Å². The summed E-state index contributed by atoms with van der Waals surface area (Å²) in [6.07, 6.45) is 3.78. The third kappa shape index (κ3) is 2.54. The first-order chi connectivity index (χ1) is 9.78. The van der Waals surface area contributed by atoms with E-state index in [0.29, 0.717) is 18.8 Å². The predicted molar refractivity (Wildman–Crippen MR) is 77.1 cm³/mol. The molecule has 0 amide bonds. The summed E-state index contributed by atoms with van der Waals surface area (Å²) < 4.78 is 16.4. The van der Waals surface area contributed by atoms with Gasteiger partial charge in [0.1, 0.15) is 11.6 Å². The van der Waals surface area contributed by atoms with E-state index in [1.54, 1.807) is 12.3 Å². The number of imidazole rings is 1. The molecule has 3 rings (SSSR count). The first-order valence-corrected chi connectivity index (χ1v) is 7.02. The van der Waals surface area contributed by atoms with Crippen LogP contribution in [0.25, 0.3) is 0 Å². The van der Waals surface area contributed by atoms with Gasteiger partial charge in [0.05, 0.1) is 12.2 Å². The first-order valence-electron chi connectivity index (χ1n) is 7.02. The van der Waals surface area contributed by atoms with Crippen molar-refractivity contribution in [3.8, 4) is 0 Å². The van der Waals surface area contributed by atoms with E-state index in [1.165, 1.54) is 0 Å². The van der Waals surface area contributed by atoms with E-state index >= 15 is 0 Å². The van der Waals surface area contributed by atoms with Crippen LogP contribution < -0.4 is 10.2 Å². The summed E-state index contributed by atoms with van der Waals surface area (Å²) in [6.45, 7) is 5.97. The zero-order valence-corrected chi connectivity index (χ0v) is 11.6. The summed E-state index contributed by atoms with van der Waals surface area (Å²) in [6, 6.07) is 5.49. The van der Waals surface area contributed by atoms with Crippen molar-refractivity contribution in [3.05, 3.63) is 47.8 Å². The van der Waals surface area contributed by atoms with Crippen molar-refractivity contribution in [1.29, 1.82) is 0 Å². The molecule has 0 unspecified atom stereocenters. The Balaban J connectivity index is 1.78. The molecule has 0 saturated heterocycles. The lowest BCUT2D eigenvalue weighted by Crippen LogP contribution is -2.34. The summed E-state index contributed by atoms with van der Waals surface area (Å²) in [5.41, 5.74) is 1.64. The summed E-state index contributed by atoms with van der Waals surface area (Å²) >= 11 is 0. The van der Waals surface area contributed by atoms with Crippen LogP contribution in [0.4, 0.5) is 10.1 Å². The molecule has 0 bridgehead atoms. The maximum absolute atomic E-state index is 14.3. The lowest BCUT2D eigenvalue weighted by molar-refractivity contribution is 0.543. The monoisotopic (exact) mass is 274 g/mol. The van der Waals surface area contributed by atoms with Crippen molar-refractivity contribution in [3.63, 3.8) is 0 Å². The fraction of sp³-hybridized carbons (Fsp3) is 0.400. The molecule has 106 valence electrons. The van der Waals surface area contributed by atoms with Crippen LogP contribution in [0.5, 0.6) is 0 Å². The minimum atomic E-state index is -0.152. The predicted octanol–water partition coefficient (Wildman–Crippen LogP) is 2.15. The fourth-order valence-corrected chi connectivity index (χ4v) is 2.57. The van der Waals surface area contributed by atoms with E-state index in [4.69, 9.17) is 0 Å². The Morgan fingerprint density at radius 3 is 3.05 bits per heavy atom. The average molecular weight is 274 g/mol. The Kier molecular flexibility index (Phi) is 3.69. The molecule has 1 aromatic heterocycles. The lowest BCUT2D eigenvalue weighted by atomic mass is 10.1. The Bertz CT molecular complexity index is 593. The van der Waals surface area contributed by atoms with Crippen LogP contribution in [0.3, 0.4) is 0 Å². The van der Waals surface area contributed by atoms with Crippen molar-refractivity contribution in [2.45, 2.75) is 26.6 Å². The lowest BCUT2D eigenvalue weighted by Gasteiger charge is -2.30. The van der Waals surface area contributed by atoms with E-state index in [0.717, 1.165) is 31.0 Å². The number of nitrogens with zero attached hydrogens (tertiary/aromatic N) is 3. The maximum Gasteiger partial charge on any atom is 0.146 e. The second kappa shape index (κ2) is 5.63. The van der Waals surface area contributed by atoms with Crippen molar-refractivity contribution >= 4 is 5.69 Å². The van der Waals surface area contributed by atoms with Crippen molar-refractivity contribution in [2.75, 3.05) is 18.0 Å². The molecule has 2 aromatic rings. The molecule has 0 fully saturated rings. The quantitative estimate of drug-likeness (QED) is 0.927. The Hall–Kier alpha value is -1.88. The van der Waals surface area contributed by atoms with Crippen LogP contribution in [-0.4, -0.2) is 22.6 Å². The van der Waals surface area contributed by atoms with Gasteiger partial charge in [0.2, 0.25) is 0 Å². The summed E-state index contributed by atoms with van der Waals surface area (Å²) in [4.78, 5) is 6.36. The molecule has 0 radical (unpaired) electrons. The second-order valence-electron chi connectivity index (χ2n) is 5.02. The van der Waals surface area contributed by atoms with Gasteiger partial charge < -0.3 is 14.8 Å². The molecule has 1 aromatic carbocycles. The summed E-state index contributed by atoms with van der Waals surface area (Å²) in [5, 5.41) is 3.21. The van der Waals surface area contributed by atoms with E-state index in [1.807, 2.05) is 25.3 Å². The highest BCUT2D eigenvalue weighted by Crippen LogP contribution is 2.24. The van der Waals surface area contributed by atoms with Crippen molar-refractivity contribution in [2.24, 2.45) is 0 Å². The minimum absolute atomic E-state index is 0.152. The fourth-order valence-electron chi connectivity index (χ4n) is 2.57. The first kappa shape index (κ1) is 13.1. The van der Waals surface area contributed by atoms with Crippen LogP contribution in [0.15, 0.2) is 30.6 Å². The highest BCUT2D eigenvalue weighted by molar-refractivity contribution is 5.49. The smallest absolute Gasteiger partial charge is 0.146 e. The molecule has 4 nitrogen and oxygen atoms in total. The van der Waals surface area contributed by atoms with Crippen LogP contribution in [0, 0.1) is 5.82 Å². The summed E-state index contributed by atoms with van der Waals surface area (Å²) in [5.74, 6) is 0.841. The van der Waals surface area contributed by atoms with E-state index in [-0.39, 0.29) is 5.82 Å². The van der Waals surface area contributed by atoms with Gasteiger partial charge in [-0.1, -0.05) is 13.0 Å². The highest BCUT2D eigenvalue weighted by atomic mass is 19.1. The Morgan fingerprint density at radius 2 is 2.25 bits per heavy atom. The zero-order valence-electron chi connectivity index (χ0n) is 11.6. The highest BCUT2D eigenvalue weighted by Gasteiger charge is 2.19. The van der Waals surface area contributed by atoms with Gasteiger partial charge in [0, 0.05) is 32.0 Å². The topological polar surface area (TPSA) is 33.1 Å². The molecule has 1 aliphatic heterocycles. The average Bonchev–Trinajstić information content (AvgIpc) is 2.92. The molecule has 1 aliphatic rings. The van der Waals surface area contributed by atoms with E-state index in [9.17, 15) is 4.39 Å². The largest absolute Gasteiger partial charge is 0.360 e. The van der Waals surface area contributed by atoms with Gasteiger partial charge in [0.15, 0.2) is 0 Å². The minimum Gasteiger partial charge on any atom is -0.360 e. The number of aromatic nitrogens is 2. The maximum atomic E-state index is 14.3. The second-order valence-corrected chi connectivity index (χ2v) is 5.02. The van der Waals surface area contributed by atoms with Crippen molar-refractivity contribution < 1.29 is 4.39 Å². The molecular formula is C15H19FN4. The number of anilines is 1. The van der Waals surface area contributed by atoms with Crippen LogP contribution in [-0.2, 0) is 19.6 Å². The Morgan fingerprint density at radius 1 is 1.35 bits per heavy atom. The normalized spacial score (nSPS) is 14.4. The van der Waals surface area contributed by atoms with Gasteiger partial charge in [-0.05, 0) is 24.2 Å². The SMILES string of the molecule is CCNCc1ccc(N2CCn3ccnc3C2)c(F)c1.